The third-order valence-electron chi connectivity index (χ3n) is 2.72. The third-order valence-corrected chi connectivity index (χ3v) is 3.72. The van der Waals surface area contributed by atoms with Gasteiger partial charge in [-0.1, -0.05) is 18.2 Å². The second-order valence-corrected chi connectivity index (χ2v) is 5.24. The van der Waals surface area contributed by atoms with Gasteiger partial charge >= 0.3 is 5.69 Å². The molecule has 0 saturated heterocycles. The SMILES string of the molecule is CC(=O)c1cc([N+](=O)[O-])c(Oc2ccccc2)c(I)c1O. The average molecular weight is 399 g/mol. The Morgan fingerprint density at radius 2 is 1.95 bits per heavy atom. The van der Waals surface area contributed by atoms with Crippen LogP contribution in [0.1, 0.15) is 17.3 Å². The lowest BCUT2D eigenvalue weighted by molar-refractivity contribution is -0.385. The highest BCUT2D eigenvalue weighted by atomic mass is 127. The first-order valence-electron chi connectivity index (χ1n) is 5.85. The van der Waals surface area contributed by atoms with Crippen LogP contribution < -0.4 is 4.74 Å². The fourth-order valence-electron chi connectivity index (χ4n) is 1.72. The van der Waals surface area contributed by atoms with Gasteiger partial charge in [0.1, 0.15) is 15.1 Å². The van der Waals surface area contributed by atoms with Crippen molar-refractivity contribution in [3.63, 3.8) is 0 Å². The number of carbonyl (C=O) groups is 1. The quantitative estimate of drug-likeness (QED) is 0.365. The smallest absolute Gasteiger partial charge is 0.313 e. The molecular weight excluding hydrogens is 389 g/mol. The standard InChI is InChI=1S/C14H10INO5/c1-8(17)10-7-11(16(19)20)14(12(15)13(10)18)21-9-5-3-2-4-6-9/h2-7,18H,1H3. The van der Waals surface area contributed by atoms with E-state index in [9.17, 15) is 20.0 Å². The number of hydrogen-bond donors (Lipinski definition) is 1. The molecule has 108 valence electrons. The molecule has 0 radical (unpaired) electrons. The number of phenols is 1. The number of para-hydroxylation sites is 1. The maximum absolute atomic E-state index is 11.4. The summed E-state index contributed by atoms with van der Waals surface area (Å²) >= 11 is 1.72. The Morgan fingerprint density at radius 1 is 1.33 bits per heavy atom. The molecule has 21 heavy (non-hydrogen) atoms. The molecule has 0 bridgehead atoms. The van der Waals surface area contributed by atoms with Crippen molar-refractivity contribution in [1.82, 2.24) is 0 Å². The molecule has 2 rings (SSSR count). The topological polar surface area (TPSA) is 89.7 Å². The Morgan fingerprint density at radius 3 is 2.48 bits per heavy atom. The number of Topliss-reactive ketones (excluding diaryl/α,β-unsaturated/α-hetero) is 1. The molecule has 7 heteroatoms. The van der Waals surface area contributed by atoms with E-state index >= 15 is 0 Å². The summed E-state index contributed by atoms with van der Waals surface area (Å²) in [6.45, 7) is 1.23. The first-order chi connectivity index (χ1) is 9.91. The summed E-state index contributed by atoms with van der Waals surface area (Å²) in [4.78, 5) is 22.0. The van der Waals surface area contributed by atoms with Gasteiger partial charge in [-0.05, 0) is 41.6 Å². The number of benzene rings is 2. The minimum atomic E-state index is -0.647. The van der Waals surface area contributed by atoms with Crippen LogP contribution in [0, 0.1) is 13.7 Å². The lowest BCUT2D eigenvalue weighted by atomic mass is 10.1. The number of nitro groups is 1. The van der Waals surface area contributed by atoms with Gasteiger partial charge < -0.3 is 9.84 Å². The van der Waals surface area contributed by atoms with Crippen molar-refractivity contribution >= 4 is 34.1 Å². The summed E-state index contributed by atoms with van der Waals surface area (Å²) in [5.74, 6) is -0.470. The highest BCUT2D eigenvalue weighted by molar-refractivity contribution is 14.1. The third kappa shape index (κ3) is 3.13. The van der Waals surface area contributed by atoms with Crippen molar-refractivity contribution in [2.24, 2.45) is 0 Å². The molecule has 0 aliphatic rings. The predicted molar refractivity (Wildman–Crippen MR) is 84.0 cm³/mol. The van der Waals surface area contributed by atoms with Crippen LogP contribution >= 0.6 is 22.6 Å². The summed E-state index contributed by atoms with van der Waals surface area (Å²) < 4.78 is 5.62. The van der Waals surface area contributed by atoms with Crippen LogP contribution in [-0.2, 0) is 0 Å². The average Bonchev–Trinajstić information content (AvgIpc) is 2.44. The zero-order valence-corrected chi connectivity index (χ0v) is 13.0. The Bertz CT molecular complexity index is 715. The lowest BCUT2D eigenvalue weighted by Gasteiger charge is -2.11. The molecule has 2 aromatic carbocycles. The minimum Gasteiger partial charge on any atom is -0.506 e. The van der Waals surface area contributed by atoms with Gasteiger partial charge in [0.15, 0.2) is 5.78 Å². The van der Waals surface area contributed by atoms with Crippen molar-refractivity contribution in [2.75, 3.05) is 0 Å². The molecule has 0 amide bonds. The van der Waals surface area contributed by atoms with Crippen molar-refractivity contribution in [2.45, 2.75) is 6.92 Å². The highest BCUT2D eigenvalue weighted by Gasteiger charge is 2.26. The van der Waals surface area contributed by atoms with E-state index in [1.54, 1.807) is 52.9 Å². The number of aromatic hydroxyl groups is 1. The van der Waals surface area contributed by atoms with Gasteiger partial charge in [0.05, 0.1) is 10.5 Å². The number of hydrogen-bond acceptors (Lipinski definition) is 5. The molecule has 0 fully saturated rings. The number of nitro benzene ring substituents is 1. The molecule has 0 aliphatic carbocycles. The largest absolute Gasteiger partial charge is 0.506 e. The lowest BCUT2D eigenvalue weighted by Crippen LogP contribution is -2.01. The number of nitrogens with zero attached hydrogens (tertiary/aromatic N) is 1. The van der Waals surface area contributed by atoms with Gasteiger partial charge in [-0.3, -0.25) is 14.9 Å². The van der Waals surface area contributed by atoms with Crippen molar-refractivity contribution in [3.05, 3.63) is 55.6 Å². The van der Waals surface area contributed by atoms with E-state index in [4.69, 9.17) is 4.74 Å². The van der Waals surface area contributed by atoms with Gasteiger partial charge in [0.2, 0.25) is 5.75 Å². The van der Waals surface area contributed by atoms with Crippen molar-refractivity contribution in [1.29, 1.82) is 0 Å². The number of ether oxygens (including phenoxy) is 1. The summed E-state index contributed by atoms with van der Waals surface area (Å²) in [5, 5.41) is 21.2. The molecule has 6 nitrogen and oxygen atoms in total. The molecule has 0 aromatic heterocycles. The Balaban J connectivity index is 2.61. The second-order valence-electron chi connectivity index (χ2n) is 4.16. The molecule has 0 heterocycles. The first kappa shape index (κ1) is 15.2. The normalized spacial score (nSPS) is 10.2. The van der Waals surface area contributed by atoms with E-state index in [1.807, 2.05) is 0 Å². The predicted octanol–water partition coefficient (Wildman–Crippen LogP) is 3.90. The van der Waals surface area contributed by atoms with Crippen LogP contribution in [0.2, 0.25) is 0 Å². The summed E-state index contributed by atoms with van der Waals surface area (Å²) in [6, 6.07) is 9.52. The number of carbonyl (C=O) groups excluding carboxylic acids is 1. The number of halogens is 1. The molecule has 0 spiro atoms. The van der Waals surface area contributed by atoms with Gasteiger partial charge in [-0.2, -0.15) is 0 Å². The minimum absolute atomic E-state index is 0.0886. The van der Waals surface area contributed by atoms with Gasteiger partial charge in [0.25, 0.3) is 0 Å². The van der Waals surface area contributed by atoms with Crippen LogP contribution in [0.25, 0.3) is 0 Å². The van der Waals surface area contributed by atoms with Crippen LogP contribution in [-0.4, -0.2) is 15.8 Å². The second kappa shape index (κ2) is 6.08. The van der Waals surface area contributed by atoms with E-state index in [2.05, 4.69) is 0 Å². The number of rotatable bonds is 4. The molecule has 0 atom stereocenters. The van der Waals surface area contributed by atoms with E-state index < -0.39 is 10.7 Å². The van der Waals surface area contributed by atoms with E-state index in [0.29, 0.717) is 5.75 Å². The molecule has 0 unspecified atom stereocenters. The Hall–Kier alpha value is -2.16. The van der Waals surface area contributed by atoms with E-state index in [-0.39, 0.29) is 26.3 Å². The van der Waals surface area contributed by atoms with Gasteiger partial charge in [-0.15, -0.1) is 0 Å². The molecule has 0 saturated carbocycles. The van der Waals surface area contributed by atoms with Crippen LogP contribution in [0.4, 0.5) is 5.69 Å². The van der Waals surface area contributed by atoms with Crippen LogP contribution in [0.15, 0.2) is 36.4 Å². The van der Waals surface area contributed by atoms with Crippen molar-refractivity contribution in [3.8, 4) is 17.2 Å². The number of ketones is 1. The first-order valence-corrected chi connectivity index (χ1v) is 6.93. The summed E-state index contributed by atoms with van der Waals surface area (Å²) in [5.41, 5.74) is -0.474. The van der Waals surface area contributed by atoms with E-state index in [0.717, 1.165) is 6.07 Å². The maximum atomic E-state index is 11.4. The number of phenolic OH excluding ortho intramolecular Hbond substituents is 1. The maximum Gasteiger partial charge on any atom is 0.313 e. The Labute approximate surface area is 133 Å². The van der Waals surface area contributed by atoms with Gasteiger partial charge in [0, 0.05) is 6.07 Å². The molecule has 0 aliphatic heterocycles. The highest BCUT2D eigenvalue weighted by Crippen LogP contribution is 2.42. The Kier molecular flexibility index (Phi) is 4.41. The zero-order chi connectivity index (χ0) is 15.6. The summed E-state index contributed by atoms with van der Waals surface area (Å²) in [7, 11) is 0. The monoisotopic (exact) mass is 399 g/mol. The zero-order valence-electron chi connectivity index (χ0n) is 10.9. The van der Waals surface area contributed by atoms with Crippen LogP contribution in [0.5, 0.6) is 17.2 Å². The molecular formula is C14H10INO5. The molecule has 1 N–H and O–H groups in total. The molecule has 2 aromatic rings. The van der Waals surface area contributed by atoms with Crippen molar-refractivity contribution < 1.29 is 19.6 Å². The summed E-state index contributed by atoms with van der Waals surface area (Å²) in [6.07, 6.45) is 0. The van der Waals surface area contributed by atoms with Crippen LogP contribution in [0.3, 0.4) is 0 Å². The fraction of sp³-hybridized carbons (Fsp3) is 0.0714. The van der Waals surface area contributed by atoms with E-state index in [1.165, 1.54) is 6.92 Å². The van der Waals surface area contributed by atoms with Gasteiger partial charge in [-0.25, -0.2) is 0 Å². The fourth-order valence-corrected chi connectivity index (χ4v) is 2.39.